The van der Waals surface area contributed by atoms with Gasteiger partial charge in [0.2, 0.25) is 0 Å². The summed E-state index contributed by atoms with van der Waals surface area (Å²) in [6, 6.07) is 6.50. The second-order valence-corrected chi connectivity index (χ2v) is 7.05. The van der Waals surface area contributed by atoms with Crippen LogP contribution >= 0.6 is 0 Å². The van der Waals surface area contributed by atoms with Crippen LogP contribution in [0.3, 0.4) is 0 Å². The van der Waals surface area contributed by atoms with Crippen molar-refractivity contribution in [3.8, 4) is 0 Å². The molecule has 26 heavy (non-hydrogen) atoms. The van der Waals surface area contributed by atoms with Gasteiger partial charge in [0.1, 0.15) is 0 Å². The Hall–Kier alpha value is -2.35. The highest BCUT2D eigenvalue weighted by atomic mass is 16.2. The van der Waals surface area contributed by atoms with Crippen molar-refractivity contribution in [3.05, 3.63) is 83.5 Å². The molecule has 0 aromatic heterocycles. The first-order valence-corrected chi connectivity index (χ1v) is 9.46. The summed E-state index contributed by atoms with van der Waals surface area (Å²) in [6.07, 6.45) is 11.3. The number of aryl methyl sites for hydroxylation is 1. The van der Waals surface area contributed by atoms with E-state index in [-0.39, 0.29) is 5.91 Å². The van der Waals surface area contributed by atoms with Gasteiger partial charge in [-0.3, -0.25) is 4.79 Å². The molecule has 0 N–H and O–H groups in total. The molecule has 1 aromatic rings. The Morgan fingerprint density at radius 2 is 1.96 bits per heavy atom. The van der Waals surface area contributed by atoms with Gasteiger partial charge in [-0.25, -0.2) is 0 Å². The minimum Gasteiger partial charge on any atom is -0.339 e. The maximum Gasteiger partial charge on any atom is 0.253 e. The maximum atomic E-state index is 12.2. The van der Waals surface area contributed by atoms with E-state index in [4.69, 9.17) is 0 Å². The lowest BCUT2D eigenvalue weighted by Gasteiger charge is -2.32. The average Bonchev–Trinajstić information content (AvgIpc) is 2.67. The van der Waals surface area contributed by atoms with Gasteiger partial charge in [-0.2, -0.15) is 0 Å². The van der Waals surface area contributed by atoms with Crippen LogP contribution in [0.4, 0.5) is 0 Å². The van der Waals surface area contributed by atoms with E-state index in [1.54, 1.807) is 6.08 Å². The summed E-state index contributed by atoms with van der Waals surface area (Å²) < 4.78 is 0. The molecule has 1 fully saturated rings. The molecule has 1 amide bonds. The molecule has 1 heterocycles. The standard InChI is InChI=1S/C24H31NO/c1-6-18(3)24(26)25-16-14-23(15-17-25)21(7-2)11-9-13-22-12-8-10-19(4)20(22)5/h6-12,23H,1,3,13-17H2,2,4-5H3/b11-9-,21-7+. The third-order valence-corrected chi connectivity index (χ3v) is 5.47. The molecule has 0 unspecified atom stereocenters. The number of carbonyl (C=O) groups is 1. The molecule has 138 valence electrons. The monoisotopic (exact) mass is 349 g/mol. The molecule has 1 aliphatic heterocycles. The Bertz CT molecular complexity index is 731. The third kappa shape index (κ3) is 4.85. The largest absolute Gasteiger partial charge is 0.339 e. The van der Waals surface area contributed by atoms with Gasteiger partial charge in [0, 0.05) is 18.7 Å². The van der Waals surface area contributed by atoms with Gasteiger partial charge in [0.25, 0.3) is 5.91 Å². The van der Waals surface area contributed by atoms with Crippen molar-refractivity contribution in [1.29, 1.82) is 0 Å². The van der Waals surface area contributed by atoms with Crippen LogP contribution in [0.1, 0.15) is 36.5 Å². The summed E-state index contributed by atoms with van der Waals surface area (Å²) in [5, 5.41) is 0. The van der Waals surface area contributed by atoms with Gasteiger partial charge in [0.15, 0.2) is 0 Å². The van der Waals surface area contributed by atoms with E-state index in [1.165, 1.54) is 22.3 Å². The van der Waals surface area contributed by atoms with Crippen molar-refractivity contribution in [1.82, 2.24) is 4.90 Å². The molecule has 0 aliphatic carbocycles. The molecular weight excluding hydrogens is 318 g/mol. The lowest BCUT2D eigenvalue weighted by molar-refractivity contribution is -0.127. The Morgan fingerprint density at radius 3 is 2.58 bits per heavy atom. The number of hydrogen-bond donors (Lipinski definition) is 0. The Kier molecular flexibility index (Phi) is 7.20. The van der Waals surface area contributed by atoms with Crippen LogP contribution in [-0.4, -0.2) is 23.9 Å². The normalized spacial score (nSPS) is 16.1. The van der Waals surface area contributed by atoms with E-state index in [9.17, 15) is 4.79 Å². The van der Waals surface area contributed by atoms with Crippen LogP contribution in [0.15, 0.2) is 66.8 Å². The predicted molar refractivity (Wildman–Crippen MR) is 111 cm³/mol. The van der Waals surface area contributed by atoms with Crippen molar-refractivity contribution in [2.75, 3.05) is 13.1 Å². The maximum absolute atomic E-state index is 12.2. The molecule has 1 saturated heterocycles. The highest BCUT2D eigenvalue weighted by Crippen LogP contribution is 2.26. The fourth-order valence-corrected chi connectivity index (χ4v) is 3.53. The molecular formula is C24H31NO. The molecule has 1 aromatic carbocycles. The molecule has 0 radical (unpaired) electrons. The molecule has 0 saturated carbocycles. The summed E-state index contributed by atoms with van der Waals surface area (Å²) >= 11 is 0. The SMILES string of the molecule is C=CC(=C)C(=O)N1CCC(C(/C=C\Cc2cccc(C)c2C)=C/C)CC1. The summed E-state index contributed by atoms with van der Waals surface area (Å²) in [6.45, 7) is 15.4. The molecule has 0 spiro atoms. The summed E-state index contributed by atoms with van der Waals surface area (Å²) in [7, 11) is 0. The molecule has 1 aliphatic rings. The Balaban J connectivity index is 1.94. The number of nitrogens with zero attached hydrogens (tertiary/aromatic N) is 1. The van der Waals surface area contributed by atoms with Gasteiger partial charge < -0.3 is 4.90 Å². The molecule has 2 nitrogen and oxygen atoms in total. The first-order valence-electron chi connectivity index (χ1n) is 9.46. The van der Waals surface area contributed by atoms with Gasteiger partial charge in [0.05, 0.1) is 0 Å². The van der Waals surface area contributed by atoms with Gasteiger partial charge >= 0.3 is 0 Å². The quantitative estimate of drug-likeness (QED) is 0.502. The van der Waals surface area contributed by atoms with Crippen LogP contribution in [0, 0.1) is 19.8 Å². The third-order valence-electron chi connectivity index (χ3n) is 5.47. The fraction of sp³-hybridized carbons (Fsp3) is 0.375. The minimum absolute atomic E-state index is 0.0194. The zero-order valence-corrected chi connectivity index (χ0v) is 16.4. The van der Waals surface area contributed by atoms with E-state index in [0.717, 1.165) is 32.4 Å². The molecule has 2 heteroatoms. The second-order valence-electron chi connectivity index (χ2n) is 7.05. The number of benzene rings is 1. The first kappa shape index (κ1) is 20.0. The van der Waals surface area contributed by atoms with Crippen molar-refractivity contribution >= 4 is 5.91 Å². The van der Waals surface area contributed by atoms with Gasteiger partial charge in [-0.05, 0) is 68.2 Å². The van der Waals surface area contributed by atoms with Crippen molar-refractivity contribution in [2.45, 2.75) is 40.0 Å². The smallest absolute Gasteiger partial charge is 0.253 e. The number of piperidine rings is 1. The number of carbonyl (C=O) groups excluding carboxylic acids is 1. The van der Waals surface area contributed by atoms with Crippen LogP contribution in [0.25, 0.3) is 0 Å². The summed E-state index contributed by atoms with van der Waals surface area (Å²) in [5.74, 6) is 0.543. The highest BCUT2D eigenvalue weighted by Gasteiger charge is 2.24. The van der Waals surface area contributed by atoms with Crippen molar-refractivity contribution < 1.29 is 4.79 Å². The van der Waals surface area contributed by atoms with Gasteiger partial charge in [-0.15, -0.1) is 0 Å². The topological polar surface area (TPSA) is 20.3 Å². The zero-order chi connectivity index (χ0) is 19.1. The van der Waals surface area contributed by atoms with E-state index in [1.807, 2.05) is 4.90 Å². The fourth-order valence-electron chi connectivity index (χ4n) is 3.53. The summed E-state index contributed by atoms with van der Waals surface area (Å²) in [5.41, 5.74) is 5.99. The van der Waals surface area contributed by atoms with E-state index in [0.29, 0.717) is 11.5 Å². The van der Waals surface area contributed by atoms with Crippen LogP contribution in [0.5, 0.6) is 0 Å². The van der Waals surface area contributed by atoms with E-state index >= 15 is 0 Å². The molecule has 2 rings (SSSR count). The molecule has 0 bridgehead atoms. The van der Waals surface area contributed by atoms with E-state index in [2.05, 4.69) is 70.4 Å². The van der Waals surface area contributed by atoms with Crippen LogP contribution < -0.4 is 0 Å². The lowest BCUT2D eigenvalue weighted by Crippen LogP contribution is -2.39. The van der Waals surface area contributed by atoms with Crippen LogP contribution in [-0.2, 0) is 11.2 Å². The number of likely N-dealkylation sites (tertiary alicyclic amines) is 1. The number of rotatable bonds is 6. The summed E-state index contributed by atoms with van der Waals surface area (Å²) in [4.78, 5) is 14.1. The van der Waals surface area contributed by atoms with Gasteiger partial charge in [-0.1, -0.05) is 55.7 Å². The van der Waals surface area contributed by atoms with Crippen molar-refractivity contribution in [2.24, 2.45) is 5.92 Å². The Morgan fingerprint density at radius 1 is 1.27 bits per heavy atom. The van der Waals surface area contributed by atoms with E-state index < -0.39 is 0 Å². The molecule has 0 atom stereocenters. The average molecular weight is 350 g/mol. The lowest BCUT2D eigenvalue weighted by atomic mass is 9.88. The highest BCUT2D eigenvalue weighted by molar-refractivity contribution is 5.95. The number of allylic oxidation sites excluding steroid dienone is 4. The zero-order valence-electron chi connectivity index (χ0n) is 16.4. The number of hydrogen-bond acceptors (Lipinski definition) is 1. The minimum atomic E-state index is 0.0194. The number of amides is 1. The predicted octanol–water partition coefficient (Wildman–Crippen LogP) is 5.33. The Labute approximate surface area is 158 Å². The first-order chi connectivity index (χ1) is 12.5. The van der Waals surface area contributed by atoms with Crippen LogP contribution in [0.2, 0.25) is 0 Å². The van der Waals surface area contributed by atoms with Crippen molar-refractivity contribution in [3.63, 3.8) is 0 Å². The second kappa shape index (κ2) is 9.38.